The van der Waals surface area contributed by atoms with Crippen molar-refractivity contribution in [3.8, 4) is 11.5 Å². The summed E-state index contributed by atoms with van der Waals surface area (Å²) < 4.78 is 19.4. The van der Waals surface area contributed by atoms with Crippen LogP contribution in [0.1, 0.15) is 11.1 Å². The molecule has 1 unspecified atom stereocenters. The van der Waals surface area contributed by atoms with Crippen LogP contribution in [0, 0.1) is 0 Å². The maximum atomic E-state index is 12.6. The number of hydrogen-bond acceptors (Lipinski definition) is 4. The van der Waals surface area contributed by atoms with E-state index in [1.54, 1.807) is 54.7 Å². The molecule has 3 rings (SSSR count). The second-order valence-corrected chi connectivity index (χ2v) is 8.04. The van der Waals surface area contributed by atoms with Crippen molar-refractivity contribution in [3.63, 3.8) is 0 Å². The predicted octanol–water partition coefficient (Wildman–Crippen LogP) is 4.57. The first-order valence-corrected chi connectivity index (χ1v) is 10.2. The van der Waals surface area contributed by atoms with Crippen molar-refractivity contribution in [1.82, 2.24) is 4.98 Å². The van der Waals surface area contributed by atoms with E-state index < -0.39 is 16.8 Å². The van der Waals surface area contributed by atoms with Crippen molar-refractivity contribution in [2.75, 3.05) is 0 Å². The van der Waals surface area contributed by atoms with Gasteiger partial charge in [-0.2, -0.15) is 0 Å². The minimum atomic E-state index is -1.31. The Bertz CT molecular complexity index is 979. The van der Waals surface area contributed by atoms with E-state index in [0.29, 0.717) is 22.1 Å². The molecule has 2 aromatic carbocycles. The van der Waals surface area contributed by atoms with Crippen molar-refractivity contribution in [3.05, 3.63) is 82.5 Å². The summed E-state index contributed by atoms with van der Waals surface area (Å²) in [5, 5.41) is 9.45. The number of pyridine rings is 1. The number of carboxylic acid groups (broad SMARTS) is 1. The minimum absolute atomic E-state index is 0.0753. The van der Waals surface area contributed by atoms with Crippen molar-refractivity contribution >= 4 is 32.7 Å². The molecule has 1 heterocycles. The van der Waals surface area contributed by atoms with E-state index in [1.165, 1.54) is 0 Å². The summed E-state index contributed by atoms with van der Waals surface area (Å²) in [4.78, 5) is 15.0. The molecule has 0 saturated carbocycles. The maximum Gasteiger partial charge on any atom is 0.307 e. The molecule has 0 saturated heterocycles. The van der Waals surface area contributed by atoms with Crippen molar-refractivity contribution in [2.24, 2.45) is 0 Å². The van der Waals surface area contributed by atoms with Gasteiger partial charge in [-0.3, -0.25) is 9.00 Å². The number of carbonyl (C=O) groups is 1. The van der Waals surface area contributed by atoms with E-state index in [-0.39, 0.29) is 12.2 Å². The lowest BCUT2D eigenvalue weighted by Crippen LogP contribution is -2.02. The zero-order valence-electron chi connectivity index (χ0n) is 14.2. The average molecular weight is 446 g/mol. The van der Waals surface area contributed by atoms with Crippen LogP contribution in [0.2, 0.25) is 0 Å². The Morgan fingerprint density at radius 3 is 2.70 bits per heavy atom. The SMILES string of the molecule is O=C(O)Cc1cccc(Oc2ccc(Br)cc2CS(=O)c2ccccn2)c1. The summed E-state index contributed by atoms with van der Waals surface area (Å²) in [6.45, 7) is 0. The van der Waals surface area contributed by atoms with Gasteiger partial charge in [0.05, 0.1) is 23.0 Å². The van der Waals surface area contributed by atoms with Crippen molar-refractivity contribution in [1.29, 1.82) is 0 Å². The third-order valence-corrected chi connectivity index (χ3v) is 5.44. The molecule has 0 bridgehead atoms. The standard InChI is InChI=1S/C20H16BrNO4S/c21-16-7-8-18(26-17-5-3-4-14(10-17)11-20(23)24)15(12-16)13-27(25)19-6-1-2-9-22-19/h1-10,12H,11,13H2,(H,23,24). The number of benzene rings is 2. The van der Waals surface area contributed by atoms with Gasteiger partial charge in [-0.25, -0.2) is 4.98 Å². The molecule has 0 spiro atoms. The van der Waals surface area contributed by atoms with E-state index in [9.17, 15) is 9.00 Å². The number of aliphatic carboxylic acids is 1. The Labute approximate surface area is 167 Å². The fourth-order valence-corrected chi connectivity index (χ4v) is 3.95. The number of rotatable bonds is 7. The van der Waals surface area contributed by atoms with E-state index in [4.69, 9.17) is 9.84 Å². The van der Waals surface area contributed by atoms with Gasteiger partial charge >= 0.3 is 5.97 Å². The topological polar surface area (TPSA) is 76.5 Å². The van der Waals surface area contributed by atoms with Gasteiger partial charge in [-0.1, -0.05) is 34.1 Å². The second kappa shape index (κ2) is 8.92. The molecular weight excluding hydrogens is 430 g/mol. The fourth-order valence-electron chi connectivity index (χ4n) is 2.48. The smallest absolute Gasteiger partial charge is 0.307 e. The Morgan fingerprint density at radius 2 is 1.96 bits per heavy atom. The molecule has 0 aliphatic carbocycles. The van der Waals surface area contributed by atoms with Gasteiger partial charge in [0.15, 0.2) is 0 Å². The zero-order valence-corrected chi connectivity index (χ0v) is 16.6. The Morgan fingerprint density at radius 1 is 1.11 bits per heavy atom. The van der Waals surface area contributed by atoms with Gasteiger partial charge < -0.3 is 9.84 Å². The van der Waals surface area contributed by atoms with Gasteiger partial charge in [0, 0.05) is 16.2 Å². The molecule has 0 fully saturated rings. The lowest BCUT2D eigenvalue weighted by molar-refractivity contribution is -0.136. The summed E-state index contributed by atoms with van der Waals surface area (Å²) in [5.74, 6) is 0.443. The number of hydrogen-bond donors (Lipinski definition) is 1. The Balaban J connectivity index is 1.84. The highest BCUT2D eigenvalue weighted by Crippen LogP contribution is 2.30. The molecule has 1 aromatic heterocycles. The fraction of sp³-hybridized carbons (Fsp3) is 0.100. The number of aromatic nitrogens is 1. The highest BCUT2D eigenvalue weighted by atomic mass is 79.9. The summed E-state index contributed by atoms with van der Waals surface area (Å²) in [6, 6.07) is 17.7. The van der Waals surface area contributed by atoms with Gasteiger partial charge in [0.25, 0.3) is 0 Å². The third-order valence-electron chi connectivity index (χ3n) is 3.66. The van der Waals surface area contributed by atoms with E-state index >= 15 is 0 Å². The molecule has 7 heteroatoms. The maximum absolute atomic E-state index is 12.6. The number of nitrogens with zero attached hydrogens (tertiary/aromatic N) is 1. The third kappa shape index (κ3) is 5.48. The first-order chi connectivity index (χ1) is 13.0. The largest absolute Gasteiger partial charge is 0.481 e. The van der Waals surface area contributed by atoms with Crippen LogP contribution in [0.15, 0.2) is 76.4 Å². The molecule has 138 valence electrons. The molecule has 27 heavy (non-hydrogen) atoms. The Hall–Kier alpha value is -2.51. The van der Waals surface area contributed by atoms with Gasteiger partial charge in [0.2, 0.25) is 0 Å². The first-order valence-electron chi connectivity index (χ1n) is 8.07. The van der Waals surface area contributed by atoms with E-state index in [2.05, 4.69) is 20.9 Å². The second-order valence-electron chi connectivity index (χ2n) is 5.73. The van der Waals surface area contributed by atoms with E-state index in [1.807, 2.05) is 12.1 Å². The average Bonchev–Trinajstić information content (AvgIpc) is 2.64. The van der Waals surface area contributed by atoms with Gasteiger partial charge in [-0.15, -0.1) is 0 Å². The van der Waals surface area contributed by atoms with E-state index in [0.717, 1.165) is 10.0 Å². The lowest BCUT2D eigenvalue weighted by Gasteiger charge is -2.12. The van der Waals surface area contributed by atoms with Crippen molar-refractivity contribution < 1.29 is 18.8 Å². The zero-order chi connectivity index (χ0) is 19.2. The quantitative estimate of drug-likeness (QED) is 0.576. The minimum Gasteiger partial charge on any atom is -0.481 e. The predicted molar refractivity (Wildman–Crippen MR) is 106 cm³/mol. The van der Waals surface area contributed by atoms with Crippen LogP contribution in [0.25, 0.3) is 0 Å². The molecule has 3 aromatic rings. The van der Waals surface area contributed by atoms with Crippen LogP contribution >= 0.6 is 15.9 Å². The number of halogens is 1. The molecule has 5 nitrogen and oxygen atoms in total. The molecule has 0 radical (unpaired) electrons. The molecule has 0 aliphatic rings. The molecule has 1 N–H and O–H groups in total. The van der Waals surface area contributed by atoms with Crippen LogP contribution in [0.4, 0.5) is 0 Å². The van der Waals surface area contributed by atoms with Gasteiger partial charge in [0.1, 0.15) is 16.5 Å². The molecule has 0 aliphatic heterocycles. The highest BCUT2D eigenvalue weighted by Gasteiger charge is 2.13. The summed E-state index contributed by atoms with van der Waals surface area (Å²) >= 11 is 3.43. The van der Waals surface area contributed by atoms with Crippen LogP contribution in [0.5, 0.6) is 11.5 Å². The van der Waals surface area contributed by atoms with Crippen LogP contribution in [-0.2, 0) is 27.8 Å². The lowest BCUT2D eigenvalue weighted by atomic mass is 10.1. The Kier molecular flexibility index (Phi) is 6.36. The summed E-state index contributed by atoms with van der Waals surface area (Å²) in [5.41, 5.74) is 1.41. The monoisotopic (exact) mass is 445 g/mol. The molecular formula is C20H16BrNO4S. The van der Waals surface area contributed by atoms with Crippen LogP contribution < -0.4 is 4.74 Å². The van der Waals surface area contributed by atoms with Gasteiger partial charge in [-0.05, 0) is 48.0 Å². The number of carboxylic acids is 1. The number of ether oxygens (including phenoxy) is 1. The summed E-state index contributed by atoms with van der Waals surface area (Å²) in [6.07, 6.45) is 1.54. The van der Waals surface area contributed by atoms with Crippen LogP contribution in [0.3, 0.4) is 0 Å². The normalized spacial score (nSPS) is 11.7. The molecule has 1 atom stereocenters. The van der Waals surface area contributed by atoms with Crippen molar-refractivity contribution in [2.45, 2.75) is 17.2 Å². The highest BCUT2D eigenvalue weighted by molar-refractivity contribution is 9.10. The van der Waals surface area contributed by atoms with Crippen LogP contribution in [-0.4, -0.2) is 20.3 Å². The molecule has 0 amide bonds. The first kappa shape index (κ1) is 19.3. The summed E-state index contributed by atoms with van der Waals surface area (Å²) in [7, 11) is -1.31.